The number of halogens is 2. The molecule has 0 aliphatic rings. The van der Waals surface area contributed by atoms with E-state index in [4.69, 9.17) is 10.2 Å². The largest absolute Gasteiger partial charge is 0.361 e. The molecular formula is C6H10F2O2Zn. The van der Waals surface area contributed by atoms with Gasteiger partial charge >= 0.3 is 0 Å². The Labute approximate surface area is 77.0 Å². The van der Waals surface area contributed by atoms with Crippen molar-refractivity contribution < 1.29 is 38.5 Å². The van der Waals surface area contributed by atoms with Gasteiger partial charge in [-0.1, -0.05) is 13.2 Å². The van der Waals surface area contributed by atoms with Crippen molar-refractivity contribution in [2.75, 3.05) is 0 Å². The molecule has 0 radical (unpaired) electrons. The molecule has 0 aromatic heterocycles. The summed E-state index contributed by atoms with van der Waals surface area (Å²) in [7, 11) is 0. The molecule has 2 atom stereocenters. The molecule has 0 aromatic rings. The molecule has 0 saturated heterocycles. The second-order valence-corrected chi connectivity index (χ2v) is 1.22. The van der Waals surface area contributed by atoms with Gasteiger partial charge < -0.3 is 10.2 Å². The zero-order chi connectivity index (χ0) is 8.57. The molecule has 0 aliphatic carbocycles. The van der Waals surface area contributed by atoms with Crippen molar-refractivity contribution in [3.05, 3.63) is 25.3 Å². The van der Waals surface area contributed by atoms with E-state index >= 15 is 0 Å². The first-order chi connectivity index (χ1) is 4.54. The Morgan fingerprint density at radius 1 is 1.00 bits per heavy atom. The van der Waals surface area contributed by atoms with Crippen molar-refractivity contribution >= 4 is 0 Å². The van der Waals surface area contributed by atoms with Crippen LogP contribution in [0.1, 0.15) is 0 Å². The number of aliphatic hydroxyl groups is 2. The Hall–Kier alpha value is -0.117. The summed E-state index contributed by atoms with van der Waals surface area (Å²) in [4.78, 5) is 0. The van der Waals surface area contributed by atoms with Gasteiger partial charge in [0.2, 0.25) is 12.7 Å². The molecule has 0 fully saturated rings. The van der Waals surface area contributed by atoms with Crippen molar-refractivity contribution in [2.24, 2.45) is 0 Å². The van der Waals surface area contributed by atoms with Gasteiger partial charge in [0.05, 0.1) is 0 Å². The molecule has 62 valence electrons. The van der Waals surface area contributed by atoms with Crippen molar-refractivity contribution in [3.8, 4) is 0 Å². The molecule has 11 heavy (non-hydrogen) atoms. The molecule has 5 heteroatoms. The third-order valence-electron chi connectivity index (χ3n) is 0.389. The van der Waals surface area contributed by atoms with E-state index in [2.05, 4.69) is 13.2 Å². The van der Waals surface area contributed by atoms with E-state index in [1.807, 2.05) is 0 Å². The number of alkyl halides is 2. The minimum atomic E-state index is -1.85. The van der Waals surface area contributed by atoms with Gasteiger partial charge in [0.1, 0.15) is 0 Å². The first kappa shape index (κ1) is 17.1. The minimum absolute atomic E-state index is 0. The maximum atomic E-state index is 10.9. The van der Waals surface area contributed by atoms with Crippen LogP contribution in [0.2, 0.25) is 0 Å². The molecule has 0 aliphatic heterocycles. The average molecular weight is 218 g/mol. The summed E-state index contributed by atoms with van der Waals surface area (Å²) in [6.07, 6.45) is -2.09. The third-order valence-corrected chi connectivity index (χ3v) is 0.389. The fraction of sp³-hybridized carbons (Fsp3) is 0.333. The zero-order valence-corrected chi connectivity index (χ0v) is 9.05. The number of hydrogen-bond donors (Lipinski definition) is 2. The average Bonchev–Trinajstić information content (AvgIpc) is 1.89. The summed E-state index contributed by atoms with van der Waals surface area (Å²) in [6, 6.07) is 0. The van der Waals surface area contributed by atoms with E-state index in [9.17, 15) is 8.78 Å². The van der Waals surface area contributed by atoms with E-state index in [-0.39, 0.29) is 19.5 Å². The van der Waals surface area contributed by atoms with E-state index in [0.29, 0.717) is 0 Å². The summed E-state index contributed by atoms with van der Waals surface area (Å²) < 4.78 is 21.7. The molecular weight excluding hydrogens is 207 g/mol. The quantitative estimate of drug-likeness (QED) is 0.533. The van der Waals surface area contributed by atoms with Crippen LogP contribution >= 0.6 is 0 Å². The Balaban J connectivity index is -0.000000107. The third kappa shape index (κ3) is 40.7. The smallest absolute Gasteiger partial charge is 0.215 e. The Bertz CT molecular complexity index is 84.6. The number of rotatable bonds is 2. The van der Waals surface area contributed by atoms with Gasteiger partial charge in [0.15, 0.2) is 0 Å². The fourth-order valence-corrected chi connectivity index (χ4v) is 0. The molecule has 0 heterocycles. The van der Waals surface area contributed by atoms with Crippen LogP contribution in [0, 0.1) is 0 Å². The molecule has 0 saturated carbocycles. The minimum Gasteiger partial charge on any atom is -0.361 e. The second kappa shape index (κ2) is 12.5. The van der Waals surface area contributed by atoms with Crippen LogP contribution in [0.4, 0.5) is 8.78 Å². The maximum Gasteiger partial charge on any atom is 0.215 e. The summed E-state index contributed by atoms with van der Waals surface area (Å²) in [5.41, 5.74) is 0. The summed E-state index contributed by atoms with van der Waals surface area (Å²) in [5, 5.41) is 15.2. The molecule has 0 rings (SSSR count). The monoisotopic (exact) mass is 216 g/mol. The van der Waals surface area contributed by atoms with Crippen molar-refractivity contribution in [1.29, 1.82) is 0 Å². The van der Waals surface area contributed by atoms with E-state index < -0.39 is 12.7 Å². The summed E-state index contributed by atoms with van der Waals surface area (Å²) in [5.74, 6) is 0. The van der Waals surface area contributed by atoms with Crippen LogP contribution in [0.3, 0.4) is 0 Å². The first-order valence-electron chi connectivity index (χ1n) is 2.44. The van der Waals surface area contributed by atoms with Gasteiger partial charge in [-0.05, 0) is 12.2 Å². The van der Waals surface area contributed by atoms with E-state index in [1.54, 1.807) is 0 Å². The number of aliphatic hydroxyl groups excluding tert-OH is 2. The van der Waals surface area contributed by atoms with Gasteiger partial charge in [0, 0.05) is 19.5 Å². The van der Waals surface area contributed by atoms with E-state index in [0.717, 1.165) is 12.2 Å². The van der Waals surface area contributed by atoms with Crippen LogP contribution in [-0.2, 0) is 19.5 Å². The van der Waals surface area contributed by atoms with Crippen LogP contribution in [-0.4, -0.2) is 22.9 Å². The fourth-order valence-electron chi connectivity index (χ4n) is 0. The van der Waals surface area contributed by atoms with Gasteiger partial charge in [-0.3, -0.25) is 0 Å². The molecule has 0 spiro atoms. The zero-order valence-electron chi connectivity index (χ0n) is 6.08. The Morgan fingerprint density at radius 3 is 1.09 bits per heavy atom. The Kier molecular flexibility index (Phi) is 19.5. The summed E-state index contributed by atoms with van der Waals surface area (Å²) >= 11 is 0. The first-order valence-corrected chi connectivity index (χ1v) is 2.44. The van der Waals surface area contributed by atoms with Crippen molar-refractivity contribution in [1.82, 2.24) is 0 Å². The van der Waals surface area contributed by atoms with Gasteiger partial charge in [-0.2, -0.15) is 0 Å². The molecule has 0 amide bonds. The van der Waals surface area contributed by atoms with Gasteiger partial charge in [0.25, 0.3) is 0 Å². The van der Waals surface area contributed by atoms with Gasteiger partial charge in [-0.15, -0.1) is 0 Å². The van der Waals surface area contributed by atoms with E-state index in [1.165, 1.54) is 0 Å². The van der Waals surface area contributed by atoms with Crippen LogP contribution in [0.25, 0.3) is 0 Å². The molecule has 2 nitrogen and oxygen atoms in total. The van der Waals surface area contributed by atoms with Gasteiger partial charge in [-0.25, -0.2) is 8.78 Å². The predicted molar refractivity (Wildman–Crippen MR) is 34.6 cm³/mol. The second-order valence-electron chi connectivity index (χ2n) is 1.22. The molecule has 0 bridgehead atoms. The van der Waals surface area contributed by atoms with Crippen molar-refractivity contribution in [3.63, 3.8) is 0 Å². The van der Waals surface area contributed by atoms with Crippen molar-refractivity contribution in [2.45, 2.75) is 12.7 Å². The molecule has 0 aromatic carbocycles. The number of hydrogen-bond acceptors (Lipinski definition) is 2. The van der Waals surface area contributed by atoms with Crippen LogP contribution < -0.4 is 0 Å². The normalized spacial score (nSPS) is 12.7. The standard InChI is InChI=1S/2C3H5FO.Zn/c2*1-2-3(4)5;/h2*2-3,5H,1H2;. The Morgan fingerprint density at radius 2 is 1.09 bits per heavy atom. The molecule has 2 unspecified atom stereocenters. The topological polar surface area (TPSA) is 40.5 Å². The van der Waals surface area contributed by atoms with Crippen LogP contribution in [0.5, 0.6) is 0 Å². The van der Waals surface area contributed by atoms with Crippen LogP contribution in [0.15, 0.2) is 25.3 Å². The maximum absolute atomic E-state index is 10.9. The molecule has 2 N–H and O–H groups in total. The SMILES string of the molecule is C=CC(O)F.C=CC(O)F.[Zn]. The summed E-state index contributed by atoms with van der Waals surface area (Å²) in [6.45, 7) is 5.87. The predicted octanol–water partition coefficient (Wildman–Crippen LogP) is 0.918.